The molecule has 4 aromatic rings. The standard InChI is InChI=1S/C21H18N4O.2C2H6/c1-14-2-4-15(5-3-14)10-20(26)24-18-8-6-16(7-9-18)19-11-17-12-22-13-23-21(17)25-19;2*1-2/h2-9,11-13H,10H2,1H3,(H,24,26)(H,22,23,25);2*1-2H3. The van der Waals surface area contributed by atoms with Crippen LogP contribution in [0, 0.1) is 6.92 Å². The van der Waals surface area contributed by atoms with Gasteiger partial charge >= 0.3 is 0 Å². The number of carbonyl (C=O) groups excluding carboxylic acids is 1. The molecule has 2 aromatic heterocycles. The van der Waals surface area contributed by atoms with Crippen LogP contribution in [-0.4, -0.2) is 20.9 Å². The number of nitrogens with one attached hydrogen (secondary N) is 2. The maximum absolute atomic E-state index is 12.2. The van der Waals surface area contributed by atoms with Gasteiger partial charge in [-0.25, -0.2) is 9.97 Å². The zero-order valence-corrected chi connectivity index (χ0v) is 18.4. The minimum atomic E-state index is -0.0255. The first kappa shape index (κ1) is 22.8. The zero-order chi connectivity index (χ0) is 21.9. The Balaban J connectivity index is 0.000000757. The van der Waals surface area contributed by atoms with Crippen LogP contribution in [0.3, 0.4) is 0 Å². The maximum atomic E-state index is 12.2. The molecule has 0 bridgehead atoms. The summed E-state index contributed by atoms with van der Waals surface area (Å²) in [6.07, 6.45) is 3.67. The van der Waals surface area contributed by atoms with E-state index in [2.05, 4.69) is 20.3 Å². The highest BCUT2D eigenvalue weighted by atomic mass is 16.1. The summed E-state index contributed by atoms with van der Waals surface area (Å²) in [6, 6.07) is 17.8. The number of rotatable bonds is 4. The number of carbonyl (C=O) groups is 1. The topological polar surface area (TPSA) is 70.7 Å². The summed E-state index contributed by atoms with van der Waals surface area (Å²) < 4.78 is 0. The van der Waals surface area contributed by atoms with Gasteiger partial charge < -0.3 is 10.3 Å². The van der Waals surface area contributed by atoms with E-state index in [0.29, 0.717) is 6.42 Å². The van der Waals surface area contributed by atoms with Crippen LogP contribution in [0.15, 0.2) is 67.1 Å². The molecule has 30 heavy (non-hydrogen) atoms. The van der Waals surface area contributed by atoms with Gasteiger partial charge in [-0.1, -0.05) is 69.7 Å². The zero-order valence-electron chi connectivity index (χ0n) is 18.4. The Morgan fingerprint density at radius 3 is 2.27 bits per heavy atom. The first-order valence-electron chi connectivity index (χ1n) is 10.4. The fourth-order valence-electron chi connectivity index (χ4n) is 2.85. The summed E-state index contributed by atoms with van der Waals surface area (Å²) in [5, 5.41) is 3.91. The van der Waals surface area contributed by atoms with Gasteiger partial charge in [0.05, 0.1) is 6.42 Å². The molecule has 5 heteroatoms. The van der Waals surface area contributed by atoms with E-state index < -0.39 is 0 Å². The fraction of sp³-hybridized carbons (Fsp3) is 0.240. The molecule has 2 N–H and O–H groups in total. The lowest BCUT2D eigenvalue weighted by Gasteiger charge is -2.07. The van der Waals surface area contributed by atoms with Crippen molar-refractivity contribution >= 4 is 22.6 Å². The summed E-state index contributed by atoms with van der Waals surface area (Å²) in [6.45, 7) is 10.0. The molecule has 2 heterocycles. The highest BCUT2D eigenvalue weighted by molar-refractivity contribution is 5.92. The predicted octanol–water partition coefficient (Wildman–Crippen LogP) is 6.17. The second-order valence-electron chi connectivity index (χ2n) is 6.30. The minimum Gasteiger partial charge on any atom is -0.339 e. The quantitative estimate of drug-likeness (QED) is 0.429. The molecule has 0 aliphatic rings. The minimum absolute atomic E-state index is 0.0255. The van der Waals surface area contributed by atoms with Crippen molar-refractivity contribution in [3.8, 4) is 11.3 Å². The van der Waals surface area contributed by atoms with Gasteiger partial charge in [0.2, 0.25) is 5.91 Å². The van der Waals surface area contributed by atoms with Gasteiger partial charge in [-0.3, -0.25) is 4.79 Å². The Hall–Kier alpha value is -3.47. The molecule has 0 atom stereocenters. The molecule has 0 saturated heterocycles. The predicted molar refractivity (Wildman–Crippen MR) is 126 cm³/mol. The number of aryl methyl sites for hydroxylation is 1. The molecule has 0 radical (unpaired) electrons. The number of anilines is 1. The molecule has 0 unspecified atom stereocenters. The maximum Gasteiger partial charge on any atom is 0.228 e. The Morgan fingerprint density at radius 1 is 0.967 bits per heavy atom. The van der Waals surface area contributed by atoms with Crippen LogP contribution in [-0.2, 0) is 11.2 Å². The van der Waals surface area contributed by atoms with Crippen molar-refractivity contribution < 1.29 is 4.79 Å². The highest BCUT2D eigenvalue weighted by Crippen LogP contribution is 2.24. The molecule has 156 valence electrons. The lowest BCUT2D eigenvalue weighted by molar-refractivity contribution is -0.115. The number of hydrogen-bond acceptors (Lipinski definition) is 3. The molecule has 0 aliphatic carbocycles. The van der Waals surface area contributed by atoms with E-state index in [1.54, 1.807) is 6.20 Å². The van der Waals surface area contributed by atoms with E-state index in [1.165, 1.54) is 11.9 Å². The summed E-state index contributed by atoms with van der Waals surface area (Å²) >= 11 is 0. The largest absolute Gasteiger partial charge is 0.339 e. The molecule has 4 rings (SSSR count). The van der Waals surface area contributed by atoms with E-state index in [9.17, 15) is 4.79 Å². The number of hydrogen-bond donors (Lipinski definition) is 2. The molecule has 0 aliphatic heterocycles. The second-order valence-corrected chi connectivity index (χ2v) is 6.30. The number of benzene rings is 2. The van der Waals surface area contributed by atoms with E-state index in [0.717, 1.165) is 33.5 Å². The number of aromatic nitrogens is 3. The summed E-state index contributed by atoms with van der Waals surface area (Å²) in [4.78, 5) is 23.7. The Labute approximate surface area is 178 Å². The summed E-state index contributed by atoms with van der Waals surface area (Å²) in [7, 11) is 0. The molecule has 0 spiro atoms. The average Bonchev–Trinajstić information content (AvgIpc) is 3.23. The Bertz CT molecular complexity index is 1020. The second kappa shape index (κ2) is 11.5. The first-order chi connectivity index (χ1) is 14.7. The number of fused-ring (bicyclic) bond motifs is 1. The third kappa shape index (κ3) is 6.01. The Morgan fingerprint density at radius 2 is 1.63 bits per heavy atom. The van der Waals surface area contributed by atoms with Crippen molar-refractivity contribution in [2.24, 2.45) is 0 Å². The van der Waals surface area contributed by atoms with Gasteiger partial charge in [0.15, 0.2) is 0 Å². The van der Waals surface area contributed by atoms with Crippen molar-refractivity contribution in [2.45, 2.75) is 41.0 Å². The van der Waals surface area contributed by atoms with Gasteiger partial charge in [-0.05, 0) is 36.2 Å². The summed E-state index contributed by atoms with van der Waals surface area (Å²) in [5.74, 6) is -0.0255. The van der Waals surface area contributed by atoms with Gasteiger partial charge in [-0.15, -0.1) is 0 Å². The van der Waals surface area contributed by atoms with Crippen LogP contribution >= 0.6 is 0 Å². The SMILES string of the molecule is CC.CC.Cc1ccc(CC(=O)Nc2ccc(-c3cc4cncnc4[nH]3)cc2)cc1. The molecule has 5 nitrogen and oxygen atoms in total. The van der Waals surface area contributed by atoms with Gasteiger partial charge in [0.25, 0.3) is 0 Å². The average molecular weight is 403 g/mol. The van der Waals surface area contributed by atoms with Crippen LogP contribution in [0.25, 0.3) is 22.3 Å². The number of aromatic amines is 1. The van der Waals surface area contributed by atoms with Crippen LogP contribution in [0.1, 0.15) is 38.8 Å². The highest BCUT2D eigenvalue weighted by Gasteiger charge is 2.07. The molecule has 0 fully saturated rings. The van der Waals surface area contributed by atoms with E-state index >= 15 is 0 Å². The third-order valence-corrected chi connectivity index (χ3v) is 4.26. The molecule has 2 aromatic carbocycles. The van der Waals surface area contributed by atoms with Crippen molar-refractivity contribution in [1.82, 2.24) is 15.0 Å². The van der Waals surface area contributed by atoms with Crippen LogP contribution in [0.2, 0.25) is 0 Å². The van der Waals surface area contributed by atoms with E-state index in [1.807, 2.05) is 89.2 Å². The lowest BCUT2D eigenvalue weighted by Crippen LogP contribution is -2.14. The lowest BCUT2D eigenvalue weighted by atomic mass is 10.1. The van der Waals surface area contributed by atoms with Crippen molar-refractivity contribution in [3.05, 3.63) is 78.2 Å². The van der Waals surface area contributed by atoms with Crippen molar-refractivity contribution in [2.75, 3.05) is 5.32 Å². The Kier molecular flexibility index (Phi) is 8.75. The van der Waals surface area contributed by atoms with Crippen molar-refractivity contribution in [1.29, 1.82) is 0 Å². The van der Waals surface area contributed by atoms with Gasteiger partial charge in [-0.2, -0.15) is 0 Å². The van der Waals surface area contributed by atoms with Crippen LogP contribution in [0.5, 0.6) is 0 Å². The number of amides is 1. The fourth-order valence-corrected chi connectivity index (χ4v) is 2.85. The monoisotopic (exact) mass is 402 g/mol. The summed E-state index contributed by atoms with van der Waals surface area (Å²) in [5.41, 5.74) is 5.78. The number of nitrogens with zero attached hydrogens (tertiary/aromatic N) is 2. The first-order valence-corrected chi connectivity index (χ1v) is 10.4. The normalized spacial score (nSPS) is 9.77. The van der Waals surface area contributed by atoms with E-state index in [4.69, 9.17) is 0 Å². The van der Waals surface area contributed by atoms with Gasteiger partial charge in [0.1, 0.15) is 12.0 Å². The third-order valence-electron chi connectivity index (χ3n) is 4.26. The van der Waals surface area contributed by atoms with Crippen molar-refractivity contribution in [3.63, 3.8) is 0 Å². The van der Waals surface area contributed by atoms with Crippen LogP contribution in [0.4, 0.5) is 5.69 Å². The van der Waals surface area contributed by atoms with Gasteiger partial charge in [0, 0.05) is 23.0 Å². The molecular formula is C25H30N4O. The number of H-pyrrole nitrogens is 1. The van der Waals surface area contributed by atoms with E-state index in [-0.39, 0.29) is 5.91 Å². The molecular weight excluding hydrogens is 372 g/mol. The van der Waals surface area contributed by atoms with Crippen LogP contribution < -0.4 is 5.32 Å². The molecule has 0 saturated carbocycles. The smallest absolute Gasteiger partial charge is 0.228 e. The molecule has 1 amide bonds.